The highest BCUT2D eigenvalue weighted by molar-refractivity contribution is 9.10. The maximum atomic E-state index is 12.3. The van der Waals surface area contributed by atoms with E-state index in [2.05, 4.69) is 43.7 Å². The summed E-state index contributed by atoms with van der Waals surface area (Å²) in [4.78, 5) is 18.1. The molecule has 1 N–H and O–H groups in total. The molecule has 1 aliphatic heterocycles. The second-order valence-corrected chi connectivity index (χ2v) is 7.45. The topological polar surface area (TPSA) is 35.6 Å². The van der Waals surface area contributed by atoms with Gasteiger partial charge in [0.25, 0.3) is 0 Å². The van der Waals surface area contributed by atoms with Gasteiger partial charge >= 0.3 is 6.03 Å². The molecule has 6 heteroatoms. The Kier molecular flexibility index (Phi) is 5.70. The van der Waals surface area contributed by atoms with Crippen LogP contribution < -0.4 is 5.32 Å². The summed E-state index contributed by atoms with van der Waals surface area (Å²) in [7, 11) is 0. The van der Waals surface area contributed by atoms with Crippen LogP contribution in [0.15, 0.2) is 46.3 Å². The molecule has 1 saturated heterocycles. The molecule has 122 valence electrons. The first kappa shape index (κ1) is 16.5. The summed E-state index contributed by atoms with van der Waals surface area (Å²) >= 11 is 5.27. The average molecular weight is 394 g/mol. The highest BCUT2D eigenvalue weighted by atomic mass is 79.9. The van der Waals surface area contributed by atoms with E-state index in [4.69, 9.17) is 0 Å². The van der Waals surface area contributed by atoms with Gasteiger partial charge < -0.3 is 10.2 Å². The Hall–Kier alpha value is -1.37. The fourth-order valence-electron chi connectivity index (χ4n) is 2.65. The summed E-state index contributed by atoms with van der Waals surface area (Å²) < 4.78 is 0.905. The third-order valence-corrected chi connectivity index (χ3v) is 5.66. The molecule has 0 unspecified atom stereocenters. The second kappa shape index (κ2) is 7.95. The predicted octanol–water partition coefficient (Wildman–Crippen LogP) is 3.90. The van der Waals surface area contributed by atoms with Crippen molar-refractivity contribution in [2.24, 2.45) is 0 Å². The van der Waals surface area contributed by atoms with E-state index in [1.54, 1.807) is 0 Å². The van der Waals surface area contributed by atoms with Crippen LogP contribution in [0.1, 0.15) is 4.88 Å². The molecule has 0 saturated carbocycles. The van der Waals surface area contributed by atoms with E-state index in [9.17, 15) is 4.79 Å². The molecule has 2 aromatic rings. The molecule has 23 heavy (non-hydrogen) atoms. The van der Waals surface area contributed by atoms with E-state index in [-0.39, 0.29) is 6.03 Å². The van der Waals surface area contributed by atoms with Gasteiger partial charge in [-0.25, -0.2) is 4.79 Å². The number of nitrogens with zero attached hydrogens (tertiary/aromatic N) is 2. The first-order valence-corrected chi connectivity index (χ1v) is 9.45. The molecule has 2 amide bonds. The third-order valence-electron chi connectivity index (χ3n) is 4.03. The number of carbonyl (C=O) groups is 1. The Morgan fingerprint density at radius 2 is 1.91 bits per heavy atom. The molecule has 1 fully saturated rings. The summed E-state index contributed by atoms with van der Waals surface area (Å²) in [6.07, 6.45) is 1.10. The molecule has 0 atom stereocenters. The van der Waals surface area contributed by atoms with Gasteiger partial charge in [-0.05, 0) is 45.9 Å². The van der Waals surface area contributed by atoms with Gasteiger partial charge in [0.2, 0.25) is 0 Å². The number of rotatable bonds is 4. The van der Waals surface area contributed by atoms with Gasteiger partial charge in [-0.3, -0.25) is 4.90 Å². The number of amides is 2. The van der Waals surface area contributed by atoms with Gasteiger partial charge in [-0.2, -0.15) is 0 Å². The zero-order chi connectivity index (χ0) is 16.1. The fraction of sp³-hybridized carbons (Fsp3) is 0.353. The average Bonchev–Trinajstić information content (AvgIpc) is 3.09. The standard InChI is InChI=1S/C17H20BrN3OS/c18-15-5-1-2-6-16(15)19-17(22)21-11-9-20(10-12-21)8-7-14-4-3-13-23-14/h1-6,13H,7-12H2,(H,19,22). The van der Waals surface area contributed by atoms with Crippen LogP contribution in [0.4, 0.5) is 10.5 Å². The van der Waals surface area contributed by atoms with E-state index >= 15 is 0 Å². The molecule has 0 spiro atoms. The molecule has 0 radical (unpaired) electrons. The number of urea groups is 1. The second-order valence-electron chi connectivity index (χ2n) is 5.57. The Morgan fingerprint density at radius 1 is 1.13 bits per heavy atom. The number of hydrogen-bond acceptors (Lipinski definition) is 3. The predicted molar refractivity (Wildman–Crippen MR) is 99.2 cm³/mol. The van der Waals surface area contributed by atoms with Crippen LogP contribution in [-0.2, 0) is 6.42 Å². The minimum absolute atomic E-state index is 0.0187. The molecular formula is C17H20BrN3OS. The maximum Gasteiger partial charge on any atom is 0.321 e. The summed E-state index contributed by atoms with van der Waals surface area (Å²) in [5.74, 6) is 0. The first-order chi connectivity index (χ1) is 11.2. The lowest BCUT2D eigenvalue weighted by molar-refractivity contribution is 0.148. The minimum atomic E-state index is -0.0187. The Labute approximate surface area is 149 Å². The number of anilines is 1. The van der Waals surface area contributed by atoms with Gasteiger partial charge in [0.1, 0.15) is 0 Å². The molecule has 1 aromatic heterocycles. The normalized spacial score (nSPS) is 15.6. The van der Waals surface area contributed by atoms with Crippen molar-refractivity contribution in [3.8, 4) is 0 Å². The van der Waals surface area contributed by atoms with Crippen molar-refractivity contribution in [1.82, 2.24) is 9.80 Å². The van der Waals surface area contributed by atoms with Crippen LogP contribution >= 0.6 is 27.3 Å². The van der Waals surface area contributed by atoms with E-state index in [0.29, 0.717) is 0 Å². The molecular weight excluding hydrogens is 374 g/mol. The summed E-state index contributed by atoms with van der Waals surface area (Å²) in [5.41, 5.74) is 0.817. The molecule has 3 rings (SSSR count). The van der Waals surface area contributed by atoms with Gasteiger partial charge in [0.15, 0.2) is 0 Å². The van der Waals surface area contributed by atoms with E-state index in [1.807, 2.05) is 40.5 Å². The zero-order valence-electron chi connectivity index (χ0n) is 12.9. The van der Waals surface area contributed by atoms with E-state index < -0.39 is 0 Å². The first-order valence-electron chi connectivity index (χ1n) is 7.77. The Morgan fingerprint density at radius 3 is 2.61 bits per heavy atom. The lowest BCUT2D eigenvalue weighted by Gasteiger charge is -2.34. The van der Waals surface area contributed by atoms with Gasteiger partial charge in [0.05, 0.1) is 5.69 Å². The number of para-hydroxylation sites is 1. The minimum Gasteiger partial charge on any atom is -0.322 e. The Balaban J connectivity index is 1.45. The number of hydrogen-bond donors (Lipinski definition) is 1. The maximum absolute atomic E-state index is 12.3. The number of benzene rings is 1. The van der Waals surface area contributed by atoms with Gasteiger partial charge in [0, 0.05) is 42.1 Å². The van der Waals surface area contributed by atoms with Crippen molar-refractivity contribution in [1.29, 1.82) is 0 Å². The van der Waals surface area contributed by atoms with Crippen molar-refractivity contribution < 1.29 is 4.79 Å². The van der Waals surface area contributed by atoms with Crippen molar-refractivity contribution in [3.63, 3.8) is 0 Å². The molecule has 0 bridgehead atoms. The van der Waals surface area contributed by atoms with E-state index in [0.717, 1.165) is 49.3 Å². The summed E-state index contributed by atoms with van der Waals surface area (Å²) in [6.45, 7) is 4.51. The van der Waals surface area contributed by atoms with Crippen LogP contribution in [0.2, 0.25) is 0 Å². The van der Waals surface area contributed by atoms with E-state index in [1.165, 1.54) is 4.88 Å². The summed E-state index contributed by atoms with van der Waals surface area (Å²) in [5, 5.41) is 5.10. The van der Waals surface area contributed by atoms with Crippen molar-refractivity contribution >= 4 is 39.0 Å². The molecule has 2 heterocycles. The smallest absolute Gasteiger partial charge is 0.321 e. The number of piperazine rings is 1. The fourth-order valence-corrected chi connectivity index (χ4v) is 3.74. The van der Waals surface area contributed by atoms with Crippen molar-refractivity contribution in [2.45, 2.75) is 6.42 Å². The highest BCUT2D eigenvalue weighted by Gasteiger charge is 2.21. The Bertz CT molecular complexity index is 639. The monoisotopic (exact) mass is 393 g/mol. The summed E-state index contributed by atoms with van der Waals surface area (Å²) in [6, 6.07) is 12.0. The number of carbonyl (C=O) groups excluding carboxylic acids is 1. The largest absolute Gasteiger partial charge is 0.322 e. The van der Waals surface area contributed by atoms with Crippen LogP contribution in [-0.4, -0.2) is 48.6 Å². The molecule has 4 nitrogen and oxygen atoms in total. The zero-order valence-corrected chi connectivity index (χ0v) is 15.3. The van der Waals surface area contributed by atoms with Gasteiger partial charge in [-0.1, -0.05) is 18.2 Å². The van der Waals surface area contributed by atoms with Gasteiger partial charge in [-0.15, -0.1) is 11.3 Å². The number of halogens is 1. The van der Waals surface area contributed by atoms with Crippen LogP contribution in [0.25, 0.3) is 0 Å². The lowest BCUT2D eigenvalue weighted by atomic mass is 10.2. The van der Waals surface area contributed by atoms with Crippen molar-refractivity contribution in [3.05, 3.63) is 51.1 Å². The van der Waals surface area contributed by atoms with Crippen LogP contribution in [0, 0.1) is 0 Å². The SMILES string of the molecule is O=C(Nc1ccccc1Br)N1CCN(CCc2cccs2)CC1. The number of nitrogens with one attached hydrogen (secondary N) is 1. The molecule has 1 aliphatic rings. The molecule has 1 aromatic carbocycles. The highest BCUT2D eigenvalue weighted by Crippen LogP contribution is 2.21. The van der Waals surface area contributed by atoms with Crippen molar-refractivity contribution in [2.75, 3.05) is 38.0 Å². The van der Waals surface area contributed by atoms with Crippen LogP contribution in [0.3, 0.4) is 0 Å². The quantitative estimate of drug-likeness (QED) is 0.854. The third kappa shape index (κ3) is 4.56. The number of thiophene rings is 1. The van der Waals surface area contributed by atoms with Crippen LogP contribution in [0.5, 0.6) is 0 Å². The molecule has 0 aliphatic carbocycles. The lowest BCUT2D eigenvalue weighted by Crippen LogP contribution is -2.50.